The number of rotatable bonds is 0. The SMILES string of the molecule is CCC#CNC(=O)n1ccnc1. The Morgan fingerprint density at radius 2 is 2.58 bits per heavy atom. The van der Waals surface area contributed by atoms with Gasteiger partial charge in [-0.15, -0.1) is 0 Å². The number of carbonyl (C=O) groups is 1. The first-order valence-corrected chi connectivity index (χ1v) is 3.60. The molecule has 0 spiro atoms. The number of nitrogens with zero attached hydrogens (tertiary/aromatic N) is 2. The zero-order chi connectivity index (χ0) is 8.81. The van der Waals surface area contributed by atoms with Crippen LogP contribution in [-0.2, 0) is 0 Å². The second-order valence-corrected chi connectivity index (χ2v) is 2.06. The number of hydrogen-bond donors (Lipinski definition) is 1. The van der Waals surface area contributed by atoms with Crippen molar-refractivity contribution in [3.63, 3.8) is 0 Å². The third kappa shape index (κ3) is 2.13. The summed E-state index contributed by atoms with van der Waals surface area (Å²) in [6.45, 7) is 1.91. The standard InChI is InChI=1S/C8H9N3O/c1-2-3-4-10-8(12)11-6-5-9-7-11/h5-7H,2H2,1H3,(H,10,12). The van der Waals surface area contributed by atoms with E-state index >= 15 is 0 Å². The van der Waals surface area contributed by atoms with E-state index in [0.29, 0.717) is 0 Å². The molecular formula is C8H9N3O. The number of aromatic nitrogens is 2. The number of hydrogen-bond acceptors (Lipinski definition) is 2. The fourth-order valence-corrected chi connectivity index (χ4v) is 0.630. The minimum atomic E-state index is -0.284. The fraction of sp³-hybridized carbons (Fsp3) is 0.250. The number of carbonyl (C=O) groups excluding carboxylic acids is 1. The van der Waals surface area contributed by atoms with E-state index in [1.165, 1.54) is 17.1 Å². The molecule has 0 bridgehead atoms. The molecule has 1 heterocycles. The summed E-state index contributed by atoms with van der Waals surface area (Å²) in [5, 5.41) is 2.41. The van der Waals surface area contributed by atoms with E-state index in [4.69, 9.17) is 0 Å². The highest BCUT2D eigenvalue weighted by atomic mass is 16.2. The van der Waals surface area contributed by atoms with Crippen LogP contribution in [0.5, 0.6) is 0 Å². The van der Waals surface area contributed by atoms with Crippen molar-refractivity contribution >= 4 is 6.03 Å². The predicted molar refractivity (Wildman–Crippen MR) is 44.2 cm³/mol. The summed E-state index contributed by atoms with van der Waals surface area (Å²) < 4.78 is 1.32. The topological polar surface area (TPSA) is 46.9 Å². The maximum atomic E-state index is 11.1. The Labute approximate surface area is 70.6 Å². The molecule has 0 radical (unpaired) electrons. The van der Waals surface area contributed by atoms with Crippen molar-refractivity contribution < 1.29 is 4.79 Å². The molecule has 0 saturated heterocycles. The van der Waals surface area contributed by atoms with Crippen LogP contribution in [0, 0.1) is 12.0 Å². The van der Waals surface area contributed by atoms with E-state index in [9.17, 15) is 4.79 Å². The molecule has 62 valence electrons. The Morgan fingerprint density at radius 3 is 3.17 bits per heavy atom. The molecule has 1 amide bonds. The molecule has 0 fully saturated rings. The third-order valence-corrected chi connectivity index (χ3v) is 1.17. The summed E-state index contributed by atoms with van der Waals surface area (Å²) in [5.41, 5.74) is 0. The fourth-order valence-electron chi connectivity index (χ4n) is 0.630. The molecule has 0 aliphatic heterocycles. The average molecular weight is 163 g/mol. The minimum Gasteiger partial charge on any atom is -0.266 e. The van der Waals surface area contributed by atoms with Crippen LogP contribution in [0.4, 0.5) is 4.79 Å². The monoisotopic (exact) mass is 163 g/mol. The Kier molecular flexibility index (Phi) is 2.91. The van der Waals surface area contributed by atoms with Crippen LogP contribution in [0.15, 0.2) is 18.7 Å². The molecule has 1 aromatic rings. The minimum absolute atomic E-state index is 0.284. The molecule has 4 nitrogen and oxygen atoms in total. The Bertz CT molecular complexity index is 305. The Morgan fingerprint density at radius 1 is 1.75 bits per heavy atom. The molecule has 0 aromatic carbocycles. The highest BCUT2D eigenvalue weighted by molar-refractivity contribution is 5.78. The lowest BCUT2D eigenvalue weighted by Crippen LogP contribution is -2.22. The molecule has 4 heteroatoms. The van der Waals surface area contributed by atoms with E-state index < -0.39 is 0 Å². The van der Waals surface area contributed by atoms with Crippen molar-refractivity contribution in [2.75, 3.05) is 0 Å². The Balaban J connectivity index is 2.51. The number of nitrogens with one attached hydrogen (secondary N) is 1. The molecule has 1 rings (SSSR count). The van der Waals surface area contributed by atoms with Gasteiger partial charge >= 0.3 is 6.03 Å². The van der Waals surface area contributed by atoms with Gasteiger partial charge in [0.25, 0.3) is 0 Å². The summed E-state index contributed by atoms with van der Waals surface area (Å²) in [6.07, 6.45) is 5.24. The molecule has 12 heavy (non-hydrogen) atoms. The summed E-state index contributed by atoms with van der Waals surface area (Å²) in [4.78, 5) is 14.8. The van der Waals surface area contributed by atoms with Crippen molar-refractivity contribution in [3.05, 3.63) is 18.7 Å². The summed E-state index contributed by atoms with van der Waals surface area (Å²) in [5.74, 6) is 2.73. The molecular weight excluding hydrogens is 154 g/mol. The maximum absolute atomic E-state index is 11.1. The third-order valence-electron chi connectivity index (χ3n) is 1.17. The van der Waals surface area contributed by atoms with E-state index in [0.717, 1.165) is 6.42 Å². The first-order valence-electron chi connectivity index (χ1n) is 3.60. The van der Waals surface area contributed by atoms with E-state index in [1.54, 1.807) is 6.20 Å². The van der Waals surface area contributed by atoms with Gasteiger partial charge in [-0.05, 0) is 0 Å². The van der Waals surface area contributed by atoms with Crippen LogP contribution < -0.4 is 5.32 Å². The largest absolute Gasteiger partial charge is 0.338 e. The van der Waals surface area contributed by atoms with Gasteiger partial charge in [0.15, 0.2) is 0 Å². The smallest absolute Gasteiger partial charge is 0.266 e. The van der Waals surface area contributed by atoms with Crippen molar-refractivity contribution in [3.8, 4) is 12.0 Å². The first kappa shape index (κ1) is 8.34. The van der Waals surface area contributed by atoms with E-state index in [-0.39, 0.29) is 6.03 Å². The van der Waals surface area contributed by atoms with Crippen LogP contribution in [0.3, 0.4) is 0 Å². The zero-order valence-corrected chi connectivity index (χ0v) is 6.74. The van der Waals surface area contributed by atoms with Gasteiger partial charge in [0.2, 0.25) is 0 Å². The maximum Gasteiger partial charge on any atom is 0.338 e. The first-order chi connectivity index (χ1) is 5.84. The molecule has 0 unspecified atom stereocenters. The second kappa shape index (κ2) is 4.19. The number of imidazole rings is 1. The molecule has 0 aliphatic carbocycles. The van der Waals surface area contributed by atoms with E-state index in [1.807, 2.05) is 6.92 Å². The molecule has 1 aromatic heterocycles. The highest BCUT2D eigenvalue weighted by Gasteiger charge is 1.97. The van der Waals surface area contributed by atoms with Crippen LogP contribution >= 0.6 is 0 Å². The molecule has 1 N–H and O–H groups in total. The van der Waals surface area contributed by atoms with Crippen molar-refractivity contribution in [2.24, 2.45) is 0 Å². The van der Waals surface area contributed by atoms with Gasteiger partial charge in [0.1, 0.15) is 6.33 Å². The van der Waals surface area contributed by atoms with Crippen LogP contribution in [0.1, 0.15) is 13.3 Å². The van der Waals surface area contributed by atoms with Crippen molar-refractivity contribution in [2.45, 2.75) is 13.3 Å². The highest BCUT2D eigenvalue weighted by Crippen LogP contribution is 1.82. The summed E-state index contributed by atoms with van der Waals surface area (Å²) >= 11 is 0. The zero-order valence-electron chi connectivity index (χ0n) is 6.74. The van der Waals surface area contributed by atoms with Crippen LogP contribution in [0.2, 0.25) is 0 Å². The van der Waals surface area contributed by atoms with Crippen LogP contribution in [-0.4, -0.2) is 15.6 Å². The van der Waals surface area contributed by atoms with Crippen molar-refractivity contribution in [1.82, 2.24) is 14.9 Å². The van der Waals surface area contributed by atoms with Crippen molar-refractivity contribution in [1.29, 1.82) is 0 Å². The quantitative estimate of drug-likeness (QED) is 0.454. The molecule has 0 aliphatic rings. The molecule has 0 atom stereocenters. The van der Waals surface area contributed by atoms with Gasteiger partial charge in [-0.2, -0.15) is 0 Å². The van der Waals surface area contributed by atoms with Gasteiger partial charge in [0.05, 0.1) is 0 Å². The van der Waals surface area contributed by atoms with Gasteiger partial charge in [-0.3, -0.25) is 9.88 Å². The lowest BCUT2D eigenvalue weighted by Gasteiger charge is -1.95. The molecule has 0 saturated carbocycles. The average Bonchev–Trinajstić information content (AvgIpc) is 2.56. The normalized spacial score (nSPS) is 8.42. The van der Waals surface area contributed by atoms with Gasteiger partial charge in [-0.1, -0.05) is 12.8 Å². The predicted octanol–water partition coefficient (Wildman–Crippen LogP) is 0.812. The second-order valence-electron chi connectivity index (χ2n) is 2.06. The summed E-state index contributed by atoms with van der Waals surface area (Å²) in [7, 11) is 0. The Hall–Kier alpha value is -1.76. The van der Waals surface area contributed by atoms with Crippen LogP contribution in [0.25, 0.3) is 0 Å². The summed E-state index contributed by atoms with van der Waals surface area (Å²) in [6, 6.07) is 2.24. The number of amides is 1. The lowest BCUT2D eigenvalue weighted by molar-refractivity contribution is 0.246. The lowest BCUT2D eigenvalue weighted by atomic mass is 10.5. The van der Waals surface area contributed by atoms with Gasteiger partial charge in [-0.25, -0.2) is 9.78 Å². The van der Waals surface area contributed by atoms with E-state index in [2.05, 4.69) is 22.3 Å². The van der Waals surface area contributed by atoms with Gasteiger partial charge in [0, 0.05) is 24.9 Å². The van der Waals surface area contributed by atoms with Gasteiger partial charge < -0.3 is 0 Å².